The predicted molar refractivity (Wildman–Crippen MR) is 87.5 cm³/mol. The Kier molecular flexibility index (Phi) is 4.56. The molecule has 3 heterocycles. The molecule has 4 rings (SSSR count). The molecule has 1 aromatic rings. The van der Waals surface area contributed by atoms with Crippen molar-refractivity contribution in [3.05, 3.63) is 35.4 Å². The molecule has 24 heavy (non-hydrogen) atoms. The highest BCUT2D eigenvalue weighted by Gasteiger charge is 2.39. The number of piperidine rings is 1. The lowest BCUT2D eigenvalue weighted by Crippen LogP contribution is -2.53. The lowest BCUT2D eigenvalue weighted by molar-refractivity contribution is -0.0616. The maximum Gasteiger partial charge on any atom is 0.129 e. The van der Waals surface area contributed by atoms with E-state index >= 15 is 0 Å². The average Bonchev–Trinajstić information content (AvgIpc) is 3.05. The highest BCUT2D eigenvalue weighted by molar-refractivity contribution is 5.23. The number of nitrogens with one attached hydrogen (secondary N) is 1. The molecule has 0 amide bonds. The van der Waals surface area contributed by atoms with Crippen LogP contribution in [0.5, 0.6) is 0 Å². The summed E-state index contributed by atoms with van der Waals surface area (Å²) in [5, 5.41) is 3.48. The zero-order chi connectivity index (χ0) is 16.7. The van der Waals surface area contributed by atoms with Gasteiger partial charge in [0, 0.05) is 24.2 Å². The van der Waals surface area contributed by atoms with Crippen molar-refractivity contribution in [2.75, 3.05) is 32.8 Å². The van der Waals surface area contributed by atoms with E-state index in [0.29, 0.717) is 12.5 Å². The summed E-state index contributed by atoms with van der Waals surface area (Å²) in [4.78, 5) is 2.48. The number of hydrogen-bond acceptors (Lipinski definition) is 4. The molecular formula is C18H25F2N3O. The van der Waals surface area contributed by atoms with Gasteiger partial charge in [-0.25, -0.2) is 8.78 Å². The molecule has 0 radical (unpaired) electrons. The summed E-state index contributed by atoms with van der Waals surface area (Å²) in [5.41, 5.74) is 6.52. The molecule has 0 aliphatic carbocycles. The quantitative estimate of drug-likeness (QED) is 0.862. The second-order valence-electron chi connectivity index (χ2n) is 7.44. The lowest BCUT2D eigenvalue weighted by Gasteiger charge is -2.44. The van der Waals surface area contributed by atoms with Crippen molar-refractivity contribution in [1.82, 2.24) is 10.2 Å². The number of benzene rings is 1. The normalized spacial score (nSPS) is 37.4. The van der Waals surface area contributed by atoms with Gasteiger partial charge < -0.3 is 15.8 Å². The van der Waals surface area contributed by atoms with Gasteiger partial charge in [0.25, 0.3) is 0 Å². The highest BCUT2D eigenvalue weighted by atomic mass is 19.1. The Balaban J connectivity index is 1.42. The molecule has 3 aliphatic heterocycles. The van der Waals surface area contributed by atoms with Gasteiger partial charge in [-0.2, -0.15) is 0 Å². The van der Waals surface area contributed by atoms with Gasteiger partial charge >= 0.3 is 0 Å². The molecule has 3 saturated heterocycles. The number of fused-ring (bicyclic) bond motifs is 1. The van der Waals surface area contributed by atoms with E-state index in [4.69, 9.17) is 10.5 Å². The van der Waals surface area contributed by atoms with Crippen molar-refractivity contribution < 1.29 is 13.5 Å². The minimum atomic E-state index is -0.567. The number of rotatable bonds is 2. The smallest absolute Gasteiger partial charge is 0.129 e. The van der Waals surface area contributed by atoms with Crippen LogP contribution in [0.25, 0.3) is 0 Å². The molecular weight excluding hydrogens is 312 g/mol. The molecule has 6 heteroatoms. The van der Waals surface area contributed by atoms with Crippen molar-refractivity contribution in [1.29, 1.82) is 0 Å². The van der Waals surface area contributed by atoms with Gasteiger partial charge in [-0.15, -0.1) is 0 Å². The Morgan fingerprint density at radius 1 is 1.21 bits per heavy atom. The highest BCUT2D eigenvalue weighted by Crippen LogP contribution is 2.34. The molecule has 0 saturated carbocycles. The van der Waals surface area contributed by atoms with Crippen molar-refractivity contribution in [3.63, 3.8) is 0 Å². The first-order valence-corrected chi connectivity index (χ1v) is 8.88. The standard InChI is InChI=1S/C18H25F2N3O/c19-13-1-2-16(20)15(5-13)18-17(21)6-14(10-24-18)23-4-3-11-7-22-8-12(11)9-23/h1-2,5,11-12,14,17-18,22H,3-4,6-10,21H2/t11?,12?,14-,17+,18-/m1/s1. The van der Waals surface area contributed by atoms with Crippen LogP contribution in [-0.2, 0) is 4.74 Å². The van der Waals surface area contributed by atoms with E-state index in [1.165, 1.54) is 12.5 Å². The summed E-state index contributed by atoms with van der Waals surface area (Å²) >= 11 is 0. The molecule has 2 unspecified atom stereocenters. The zero-order valence-corrected chi connectivity index (χ0v) is 13.8. The number of hydrogen-bond donors (Lipinski definition) is 2. The van der Waals surface area contributed by atoms with Crippen LogP contribution < -0.4 is 11.1 Å². The predicted octanol–water partition coefficient (Wildman–Crippen LogP) is 1.66. The van der Waals surface area contributed by atoms with Crippen LogP contribution in [0.2, 0.25) is 0 Å². The largest absolute Gasteiger partial charge is 0.370 e. The van der Waals surface area contributed by atoms with Gasteiger partial charge in [0.1, 0.15) is 17.7 Å². The molecule has 1 aromatic carbocycles. The molecule has 132 valence electrons. The van der Waals surface area contributed by atoms with Gasteiger partial charge in [0.2, 0.25) is 0 Å². The van der Waals surface area contributed by atoms with Crippen molar-refractivity contribution in [2.45, 2.75) is 31.0 Å². The molecule has 0 spiro atoms. The van der Waals surface area contributed by atoms with Crippen LogP contribution in [0.1, 0.15) is 24.5 Å². The molecule has 0 bridgehead atoms. The summed E-state index contributed by atoms with van der Waals surface area (Å²) in [7, 11) is 0. The number of halogens is 2. The molecule has 3 N–H and O–H groups in total. The van der Waals surface area contributed by atoms with Crippen molar-refractivity contribution in [2.24, 2.45) is 17.6 Å². The van der Waals surface area contributed by atoms with Crippen LogP contribution in [0, 0.1) is 23.5 Å². The van der Waals surface area contributed by atoms with Crippen LogP contribution in [0.3, 0.4) is 0 Å². The van der Waals surface area contributed by atoms with Crippen molar-refractivity contribution >= 4 is 0 Å². The van der Waals surface area contributed by atoms with E-state index in [9.17, 15) is 8.78 Å². The zero-order valence-electron chi connectivity index (χ0n) is 13.8. The first-order valence-electron chi connectivity index (χ1n) is 8.88. The minimum Gasteiger partial charge on any atom is -0.370 e. The average molecular weight is 337 g/mol. The fraction of sp³-hybridized carbons (Fsp3) is 0.667. The fourth-order valence-electron chi connectivity index (χ4n) is 4.55. The SMILES string of the molecule is N[C@H]1C[C@@H](N2CCC3CNCC3C2)CO[C@@H]1c1cc(F)ccc1F. The maximum absolute atomic E-state index is 14.0. The molecule has 3 aliphatic rings. The van der Waals surface area contributed by atoms with Gasteiger partial charge in [-0.3, -0.25) is 4.90 Å². The summed E-state index contributed by atoms with van der Waals surface area (Å²) in [6.07, 6.45) is 1.40. The molecule has 3 fully saturated rings. The Hall–Kier alpha value is -1.08. The number of nitrogens with zero attached hydrogens (tertiary/aromatic N) is 1. The van der Waals surface area contributed by atoms with Crippen LogP contribution in [0.15, 0.2) is 18.2 Å². The van der Waals surface area contributed by atoms with E-state index in [0.717, 1.165) is 50.7 Å². The Morgan fingerprint density at radius 2 is 2.04 bits per heavy atom. The maximum atomic E-state index is 14.0. The number of nitrogens with two attached hydrogens (primary N) is 1. The monoisotopic (exact) mass is 337 g/mol. The third-order valence-electron chi connectivity index (χ3n) is 5.92. The second kappa shape index (κ2) is 6.67. The van der Waals surface area contributed by atoms with Gasteiger partial charge in [-0.05, 0) is 62.5 Å². The van der Waals surface area contributed by atoms with E-state index < -0.39 is 17.7 Å². The van der Waals surface area contributed by atoms with E-state index in [1.54, 1.807) is 0 Å². The van der Waals surface area contributed by atoms with E-state index in [1.807, 2.05) is 0 Å². The molecule has 5 atom stereocenters. The number of likely N-dealkylation sites (tertiary alicyclic amines) is 1. The van der Waals surface area contributed by atoms with Crippen LogP contribution in [0.4, 0.5) is 8.78 Å². The first-order chi connectivity index (χ1) is 11.6. The molecule has 4 nitrogen and oxygen atoms in total. The lowest BCUT2D eigenvalue weighted by atomic mass is 9.86. The fourth-order valence-corrected chi connectivity index (χ4v) is 4.55. The van der Waals surface area contributed by atoms with Gasteiger partial charge in [0.15, 0.2) is 0 Å². The first kappa shape index (κ1) is 16.4. The molecule has 0 aromatic heterocycles. The van der Waals surface area contributed by atoms with E-state index in [-0.39, 0.29) is 17.6 Å². The van der Waals surface area contributed by atoms with Gasteiger partial charge in [0.05, 0.1) is 6.61 Å². The van der Waals surface area contributed by atoms with E-state index in [2.05, 4.69) is 10.2 Å². The third-order valence-corrected chi connectivity index (χ3v) is 5.92. The summed E-state index contributed by atoms with van der Waals surface area (Å²) in [6.45, 7) is 4.91. The third kappa shape index (κ3) is 3.08. The summed E-state index contributed by atoms with van der Waals surface area (Å²) in [6, 6.07) is 3.42. The van der Waals surface area contributed by atoms with Crippen LogP contribution in [-0.4, -0.2) is 49.8 Å². The Labute approximate surface area is 141 Å². The summed E-state index contributed by atoms with van der Waals surface area (Å²) < 4.78 is 33.4. The second-order valence-corrected chi connectivity index (χ2v) is 7.44. The van der Waals surface area contributed by atoms with Crippen LogP contribution >= 0.6 is 0 Å². The minimum absolute atomic E-state index is 0.236. The topological polar surface area (TPSA) is 50.5 Å². The Bertz CT molecular complexity index is 600. The van der Waals surface area contributed by atoms with Crippen molar-refractivity contribution in [3.8, 4) is 0 Å². The number of ether oxygens (including phenoxy) is 1. The summed E-state index contributed by atoms with van der Waals surface area (Å²) in [5.74, 6) is 0.607. The van der Waals surface area contributed by atoms with Gasteiger partial charge in [-0.1, -0.05) is 0 Å². The Morgan fingerprint density at radius 3 is 2.88 bits per heavy atom.